The molecular weight excluding hydrogens is 573 g/mol. The SMILES string of the molecule is C=C.CC1=C(C)N(C(Cl)(N[NH-])[n+]2nn(C)c(C)c2C)[N-]N1C.CCCC.CCCCCCCCCC.[CH3-].[CH3-].[CH3-].[Zn]. The predicted molar refractivity (Wildman–Crippen MR) is 175 cm³/mol. The number of nitrogens with one attached hydrogen (secondary N) is 2. The Morgan fingerprint density at radius 2 is 1.23 bits per heavy atom. The van der Waals surface area contributed by atoms with E-state index in [9.17, 15) is 0 Å². The molecule has 1 aliphatic heterocycles. The van der Waals surface area contributed by atoms with E-state index in [0.29, 0.717) is 0 Å². The summed E-state index contributed by atoms with van der Waals surface area (Å²) in [5, 5.41) is 6.22. The van der Waals surface area contributed by atoms with Crippen LogP contribution in [0.4, 0.5) is 0 Å². The Kier molecular flexibility index (Phi) is 38.2. The van der Waals surface area contributed by atoms with Gasteiger partial charge in [-0.2, -0.15) is 0 Å². The van der Waals surface area contributed by atoms with E-state index in [-0.39, 0.29) is 41.8 Å². The van der Waals surface area contributed by atoms with Crippen LogP contribution in [0.5, 0.6) is 0 Å². The first-order valence-electron chi connectivity index (χ1n) is 13.6. The molecule has 8 nitrogen and oxygen atoms in total. The van der Waals surface area contributed by atoms with Crippen molar-refractivity contribution in [2.45, 2.75) is 125 Å². The van der Waals surface area contributed by atoms with E-state index in [1.54, 1.807) is 19.4 Å². The summed E-state index contributed by atoms with van der Waals surface area (Å²) < 4.78 is 3.27. The van der Waals surface area contributed by atoms with Crippen molar-refractivity contribution in [3.05, 3.63) is 69.6 Å². The van der Waals surface area contributed by atoms with Crippen molar-refractivity contribution in [3.8, 4) is 0 Å². The molecule has 40 heavy (non-hydrogen) atoms. The minimum Gasteiger partial charge on any atom is -0.606 e. The van der Waals surface area contributed by atoms with Gasteiger partial charge < -0.3 is 49.1 Å². The van der Waals surface area contributed by atoms with Crippen LogP contribution in [0.3, 0.4) is 0 Å². The standard InChI is InChI=1S/C11H19ClN8.C10H22.C4H10.C2H4.3CH3.Zn/c1-7-9(3)19(15-17(7)5)11(12,14-13)20-10(4)8(2)18(6)16-20;1-3-5-7-9-10-8-6-4-2;1-3-4-2;1-2;;;;/h13H,1-6H3;3-10H2,1-2H3;3-4H2,1-2H3;1-2H2;3*1H3;/q-2;;;;3*-1;/p+1. The molecular formula is C30H65ClN8Zn-4. The maximum absolute atomic E-state index is 7.66. The Balaban J connectivity index is -0.000000124. The molecule has 2 heterocycles. The van der Waals surface area contributed by atoms with E-state index in [4.69, 9.17) is 17.4 Å². The average Bonchev–Trinajstić information content (AvgIpc) is 3.32. The molecule has 0 aliphatic carbocycles. The van der Waals surface area contributed by atoms with Gasteiger partial charge in [0.15, 0.2) is 11.4 Å². The quantitative estimate of drug-likeness (QED) is 0.0383. The van der Waals surface area contributed by atoms with E-state index < -0.39 is 5.25 Å². The molecule has 0 spiro atoms. The van der Waals surface area contributed by atoms with Crippen molar-refractivity contribution in [2.24, 2.45) is 7.05 Å². The van der Waals surface area contributed by atoms with E-state index in [1.165, 1.54) is 64.2 Å². The van der Waals surface area contributed by atoms with E-state index in [0.717, 1.165) is 22.8 Å². The molecule has 1 aliphatic rings. The third-order valence-corrected chi connectivity index (χ3v) is 6.69. The number of aryl methyl sites for hydroxylation is 1. The molecule has 0 radical (unpaired) electrons. The second kappa shape index (κ2) is 29.5. The number of halogens is 1. The third-order valence-electron chi connectivity index (χ3n) is 6.28. The summed E-state index contributed by atoms with van der Waals surface area (Å²) >= 11 is 6.63. The number of nitrogens with zero attached hydrogens (tertiary/aromatic N) is 6. The minimum absolute atomic E-state index is 0. The Hall–Kier alpha value is -0.987. The van der Waals surface area contributed by atoms with Gasteiger partial charge in [-0.3, -0.25) is 0 Å². The van der Waals surface area contributed by atoms with Crippen molar-refractivity contribution >= 4 is 11.6 Å². The van der Waals surface area contributed by atoms with Gasteiger partial charge in [-0.15, -0.1) is 17.8 Å². The molecule has 1 aromatic rings. The zero-order valence-electron chi connectivity index (χ0n) is 28.8. The Labute approximate surface area is 268 Å². The van der Waals surface area contributed by atoms with Crippen molar-refractivity contribution < 1.29 is 24.2 Å². The molecule has 0 bridgehead atoms. The number of hydrogen-bond donors (Lipinski definition) is 1. The van der Waals surface area contributed by atoms with Gasteiger partial charge in [0.25, 0.3) is 0 Å². The van der Waals surface area contributed by atoms with E-state index >= 15 is 0 Å². The van der Waals surface area contributed by atoms with E-state index in [1.807, 2.05) is 41.8 Å². The van der Waals surface area contributed by atoms with Crippen LogP contribution in [0, 0.1) is 36.1 Å². The van der Waals surface area contributed by atoms with Gasteiger partial charge in [0.2, 0.25) is 0 Å². The first kappa shape index (κ1) is 51.7. The van der Waals surface area contributed by atoms with Crippen LogP contribution in [-0.4, -0.2) is 27.0 Å². The maximum Gasteiger partial charge on any atom is 0.312 e. The zero-order chi connectivity index (χ0) is 28.3. The van der Waals surface area contributed by atoms with Crippen LogP contribution < -0.4 is 10.1 Å². The Morgan fingerprint density at radius 3 is 1.48 bits per heavy atom. The van der Waals surface area contributed by atoms with Crippen LogP contribution in [0.25, 0.3) is 11.4 Å². The van der Waals surface area contributed by atoms with Crippen LogP contribution in [0.15, 0.2) is 24.6 Å². The fourth-order valence-corrected chi connectivity index (χ4v) is 3.60. The van der Waals surface area contributed by atoms with Crippen LogP contribution in [0.1, 0.15) is 117 Å². The van der Waals surface area contributed by atoms with Gasteiger partial charge in [0, 0.05) is 44.7 Å². The largest absolute Gasteiger partial charge is 0.606 e. The van der Waals surface area contributed by atoms with Crippen molar-refractivity contribution in [3.63, 3.8) is 0 Å². The molecule has 0 saturated carbocycles. The van der Waals surface area contributed by atoms with Crippen molar-refractivity contribution in [2.75, 3.05) is 7.05 Å². The fourth-order valence-electron chi connectivity index (χ4n) is 3.28. The number of hydrogen-bond acceptors (Lipinski definition) is 4. The molecule has 1 aromatic heterocycles. The summed E-state index contributed by atoms with van der Waals surface area (Å²) in [6, 6.07) is 0. The molecule has 2 N–H and O–H groups in total. The fraction of sp³-hybridized carbons (Fsp3) is 0.700. The summed E-state index contributed by atoms with van der Waals surface area (Å²) in [4.78, 5) is 0. The monoisotopic (exact) mass is 636 g/mol. The van der Waals surface area contributed by atoms with Gasteiger partial charge in [0.1, 0.15) is 7.05 Å². The van der Waals surface area contributed by atoms with E-state index in [2.05, 4.69) is 57.0 Å². The maximum atomic E-state index is 7.66. The molecule has 238 valence electrons. The third kappa shape index (κ3) is 16.5. The van der Waals surface area contributed by atoms with Crippen LogP contribution in [-0.2, 0) is 31.8 Å². The number of alkyl halides is 1. The Bertz CT molecular complexity index is 732. The number of aromatic nitrogens is 3. The summed E-state index contributed by atoms with van der Waals surface area (Å²) in [6.07, 6.45) is 14.1. The van der Waals surface area contributed by atoms with Gasteiger partial charge in [-0.1, -0.05) is 96.6 Å². The van der Waals surface area contributed by atoms with Gasteiger partial charge in [0.05, 0.1) is 5.21 Å². The van der Waals surface area contributed by atoms with Crippen LogP contribution in [0.2, 0.25) is 0 Å². The predicted octanol–water partition coefficient (Wildman–Crippen LogP) is 9.49. The summed E-state index contributed by atoms with van der Waals surface area (Å²) in [7, 11) is 3.67. The normalized spacial score (nSPS) is 12.9. The number of rotatable bonds is 11. The van der Waals surface area contributed by atoms with Gasteiger partial charge in [-0.25, -0.2) is 0 Å². The summed E-state index contributed by atoms with van der Waals surface area (Å²) in [5.41, 5.74) is 10.4. The zero-order valence-corrected chi connectivity index (χ0v) is 32.5. The van der Waals surface area contributed by atoms with Gasteiger partial charge in [-0.05, 0) is 32.5 Å². The summed E-state index contributed by atoms with van der Waals surface area (Å²) in [5.74, 6) is 7.66. The Morgan fingerprint density at radius 1 is 0.825 bits per heavy atom. The smallest absolute Gasteiger partial charge is 0.312 e. The average molecular weight is 639 g/mol. The molecule has 0 saturated heterocycles. The molecule has 0 fully saturated rings. The molecule has 0 aromatic carbocycles. The second-order valence-corrected chi connectivity index (χ2v) is 9.55. The number of unbranched alkanes of at least 4 members (excludes halogenated alkanes) is 8. The number of allylic oxidation sites excluding steroid dienone is 2. The van der Waals surface area contributed by atoms with Crippen molar-refractivity contribution in [1.82, 2.24) is 25.3 Å². The van der Waals surface area contributed by atoms with Crippen LogP contribution >= 0.6 is 11.6 Å². The van der Waals surface area contributed by atoms with Crippen molar-refractivity contribution in [1.29, 1.82) is 0 Å². The molecule has 1 atom stereocenters. The molecule has 1 unspecified atom stereocenters. The molecule has 10 heteroatoms. The topological polar surface area (TPSA) is 78.1 Å². The first-order chi connectivity index (χ1) is 17.1. The van der Waals surface area contributed by atoms with Gasteiger partial charge >= 0.3 is 5.25 Å². The molecule has 0 amide bonds. The summed E-state index contributed by atoms with van der Waals surface area (Å²) in [6.45, 7) is 22.6. The second-order valence-electron chi connectivity index (χ2n) is 9.02. The first-order valence-corrected chi connectivity index (χ1v) is 13.9. The minimum atomic E-state index is -1.41. The molecule has 2 rings (SSSR count).